The van der Waals surface area contributed by atoms with E-state index in [1.807, 2.05) is 6.20 Å². The van der Waals surface area contributed by atoms with Crippen LogP contribution in [0.2, 0.25) is 0 Å². The molecule has 1 saturated heterocycles. The van der Waals surface area contributed by atoms with Crippen LogP contribution in [-0.4, -0.2) is 31.2 Å². The van der Waals surface area contributed by atoms with Crippen molar-refractivity contribution in [1.29, 1.82) is 0 Å². The predicted molar refractivity (Wildman–Crippen MR) is 77.9 cm³/mol. The summed E-state index contributed by atoms with van der Waals surface area (Å²) in [6.45, 7) is 4.37. The van der Waals surface area contributed by atoms with E-state index in [2.05, 4.69) is 39.5 Å². The molecule has 1 aromatic heterocycles. The highest BCUT2D eigenvalue weighted by Crippen LogP contribution is 2.25. The molecule has 17 heavy (non-hydrogen) atoms. The van der Waals surface area contributed by atoms with Crippen molar-refractivity contribution in [3.8, 4) is 0 Å². The molecule has 2 aromatic rings. The number of hydrogen-bond donors (Lipinski definition) is 2. The van der Waals surface area contributed by atoms with Crippen LogP contribution >= 0.6 is 24.8 Å². The Bertz CT molecular complexity index is 463. The molecule has 0 aliphatic carbocycles. The van der Waals surface area contributed by atoms with E-state index in [1.165, 1.54) is 16.6 Å². The molecule has 1 aliphatic rings. The van der Waals surface area contributed by atoms with Gasteiger partial charge >= 0.3 is 0 Å². The van der Waals surface area contributed by atoms with Gasteiger partial charge in [-0.1, -0.05) is 6.07 Å². The number of fused-ring (bicyclic) bond motifs is 1. The van der Waals surface area contributed by atoms with E-state index < -0.39 is 0 Å². The Morgan fingerprint density at radius 1 is 1.00 bits per heavy atom. The third-order valence-electron chi connectivity index (χ3n) is 3.03. The molecule has 0 atom stereocenters. The number of aromatic amines is 1. The van der Waals surface area contributed by atoms with E-state index >= 15 is 0 Å². The predicted octanol–water partition coefficient (Wildman–Crippen LogP) is 2.42. The number of hydrogen-bond acceptors (Lipinski definition) is 2. The quantitative estimate of drug-likeness (QED) is 0.836. The molecule has 0 saturated carbocycles. The lowest BCUT2D eigenvalue weighted by atomic mass is 10.2. The van der Waals surface area contributed by atoms with Gasteiger partial charge in [-0.2, -0.15) is 0 Å². The van der Waals surface area contributed by atoms with Crippen LogP contribution < -0.4 is 10.2 Å². The van der Waals surface area contributed by atoms with Gasteiger partial charge in [0.15, 0.2) is 0 Å². The molecule has 0 amide bonds. The Kier molecular flexibility index (Phi) is 5.12. The standard InChI is InChI=1S/C12H15N3.2ClH/c1-2-11-10(4-5-14-11)12(3-1)15-8-6-13-7-9-15;;/h1-5,13-14H,6-9H2;2*1H. The maximum atomic E-state index is 3.38. The van der Waals surface area contributed by atoms with Gasteiger partial charge < -0.3 is 15.2 Å². The van der Waals surface area contributed by atoms with Gasteiger partial charge in [0.25, 0.3) is 0 Å². The van der Waals surface area contributed by atoms with Crippen LogP contribution in [0.25, 0.3) is 10.9 Å². The summed E-state index contributed by atoms with van der Waals surface area (Å²) >= 11 is 0. The van der Waals surface area contributed by atoms with E-state index in [1.54, 1.807) is 0 Å². The van der Waals surface area contributed by atoms with Crippen molar-refractivity contribution in [3.05, 3.63) is 30.5 Å². The molecule has 0 spiro atoms. The smallest absolute Gasteiger partial charge is 0.0474 e. The van der Waals surface area contributed by atoms with Crippen LogP contribution in [0.1, 0.15) is 0 Å². The summed E-state index contributed by atoms with van der Waals surface area (Å²) in [5.41, 5.74) is 2.58. The molecule has 1 aliphatic heterocycles. The molecule has 0 radical (unpaired) electrons. The van der Waals surface area contributed by atoms with E-state index in [4.69, 9.17) is 0 Å². The van der Waals surface area contributed by atoms with E-state index in [9.17, 15) is 0 Å². The van der Waals surface area contributed by atoms with Gasteiger partial charge in [0.1, 0.15) is 0 Å². The number of piperazine rings is 1. The van der Waals surface area contributed by atoms with Gasteiger partial charge in [-0.3, -0.25) is 0 Å². The summed E-state index contributed by atoms with van der Waals surface area (Å²) in [4.78, 5) is 5.71. The number of rotatable bonds is 1. The Balaban J connectivity index is 0.000000722. The van der Waals surface area contributed by atoms with Gasteiger partial charge in [0.05, 0.1) is 0 Å². The zero-order valence-corrected chi connectivity index (χ0v) is 11.1. The zero-order chi connectivity index (χ0) is 10.1. The van der Waals surface area contributed by atoms with Crippen LogP contribution in [0.5, 0.6) is 0 Å². The molecular weight excluding hydrogens is 257 g/mol. The molecule has 2 heterocycles. The number of H-pyrrole nitrogens is 1. The third-order valence-corrected chi connectivity index (χ3v) is 3.03. The fraction of sp³-hybridized carbons (Fsp3) is 0.333. The van der Waals surface area contributed by atoms with Crippen molar-refractivity contribution in [2.75, 3.05) is 31.1 Å². The summed E-state index contributed by atoms with van der Waals surface area (Å²) in [7, 11) is 0. The molecule has 2 N–H and O–H groups in total. The highest BCUT2D eigenvalue weighted by atomic mass is 35.5. The number of nitrogens with zero attached hydrogens (tertiary/aromatic N) is 1. The summed E-state index contributed by atoms with van der Waals surface area (Å²) in [6, 6.07) is 8.62. The second-order valence-electron chi connectivity index (χ2n) is 3.95. The largest absolute Gasteiger partial charge is 0.368 e. The Morgan fingerprint density at radius 3 is 2.53 bits per heavy atom. The number of halogens is 2. The maximum Gasteiger partial charge on any atom is 0.0474 e. The van der Waals surface area contributed by atoms with E-state index in [-0.39, 0.29) is 24.8 Å². The van der Waals surface area contributed by atoms with Crippen LogP contribution in [0.3, 0.4) is 0 Å². The average Bonchev–Trinajstić information content (AvgIpc) is 2.78. The first kappa shape index (κ1) is 14.2. The monoisotopic (exact) mass is 273 g/mol. The molecule has 94 valence electrons. The molecule has 5 heteroatoms. The van der Waals surface area contributed by atoms with Crippen molar-refractivity contribution in [2.24, 2.45) is 0 Å². The summed E-state index contributed by atoms with van der Waals surface area (Å²) in [5, 5.41) is 4.71. The first-order chi connectivity index (χ1) is 7.45. The van der Waals surface area contributed by atoms with Gasteiger partial charge in [0.2, 0.25) is 0 Å². The number of anilines is 1. The van der Waals surface area contributed by atoms with Gasteiger partial charge in [-0.25, -0.2) is 0 Å². The summed E-state index contributed by atoms with van der Waals surface area (Å²) in [5.74, 6) is 0. The van der Waals surface area contributed by atoms with E-state index in [0.717, 1.165) is 26.2 Å². The normalized spacial score (nSPS) is 15.2. The van der Waals surface area contributed by atoms with Gasteiger partial charge in [-0.15, -0.1) is 24.8 Å². The molecule has 3 rings (SSSR count). The first-order valence-electron chi connectivity index (χ1n) is 5.47. The third kappa shape index (κ3) is 2.68. The highest BCUT2D eigenvalue weighted by molar-refractivity contribution is 5.92. The summed E-state index contributed by atoms with van der Waals surface area (Å²) < 4.78 is 0. The Labute approximate surface area is 113 Å². The molecular formula is C12H17Cl2N3. The molecule has 1 aromatic carbocycles. The zero-order valence-electron chi connectivity index (χ0n) is 9.48. The van der Waals surface area contributed by atoms with Crippen molar-refractivity contribution in [1.82, 2.24) is 10.3 Å². The summed E-state index contributed by atoms with van der Waals surface area (Å²) in [6.07, 6.45) is 2.01. The maximum absolute atomic E-state index is 3.38. The SMILES string of the molecule is Cl.Cl.c1cc(N2CCNCC2)c2cc[nH]c2c1. The minimum absolute atomic E-state index is 0. The van der Waals surface area contributed by atoms with Gasteiger partial charge in [-0.05, 0) is 18.2 Å². The lowest BCUT2D eigenvalue weighted by molar-refractivity contribution is 0.590. The fourth-order valence-corrected chi connectivity index (χ4v) is 2.25. The number of nitrogens with one attached hydrogen (secondary N) is 2. The van der Waals surface area contributed by atoms with Crippen LogP contribution in [0.15, 0.2) is 30.5 Å². The molecule has 0 unspecified atom stereocenters. The van der Waals surface area contributed by atoms with E-state index in [0.29, 0.717) is 0 Å². The van der Waals surface area contributed by atoms with Gasteiger partial charge in [0, 0.05) is 49.0 Å². The second kappa shape index (κ2) is 6.15. The lowest BCUT2D eigenvalue weighted by Crippen LogP contribution is -2.43. The van der Waals surface area contributed by atoms with Crippen LogP contribution in [0.4, 0.5) is 5.69 Å². The average molecular weight is 274 g/mol. The first-order valence-corrected chi connectivity index (χ1v) is 5.47. The molecule has 0 bridgehead atoms. The minimum atomic E-state index is 0. The second-order valence-corrected chi connectivity index (χ2v) is 3.95. The highest BCUT2D eigenvalue weighted by Gasteiger charge is 2.12. The van der Waals surface area contributed by atoms with Crippen molar-refractivity contribution in [2.45, 2.75) is 0 Å². The van der Waals surface area contributed by atoms with Crippen molar-refractivity contribution >= 4 is 41.4 Å². The minimum Gasteiger partial charge on any atom is -0.368 e. The lowest BCUT2D eigenvalue weighted by Gasteiger charge is -2.30. The molecule has 3 nitrogen and oxygen atoms in total. The fourth-order valence-electron chi connectivity index (χ4n) is 2.25. The number of benzene rings is 1. The molecule has 1 fully saturated rings. The topological polar surface area (TPSA) is 31.1 Å². The number of aromatic nitrogens is 1. The van der Waals surface area contributed by atoms with Crippen molar-refractivity contribution < 1.29 is 0 Å². The van der Waals surface area contributed by atoms with Crippen LogP contribution in [-0.2, 0) is 0 Å². The van der Waals surface area contributed by atoms with Crippen molar-refractivity contribution in [3.63, 3.8) is 0 Å². The Hall–Kier alpha value is -0.900. The van der Waals surface area contributed by atoms with Crippen LogP contribution in [0, 0.1) is 0 Å². The Morgan fingerprint density at radius 2 is 1.76 bits per heavy atom.